The molecule has 0 amide bonds. The van der Waals surface area contributed by atoms with E-state index < -0.39 is 12.3 Å². The largest absolute Gasteiger partial charge is 0.418 e. The summed E-state index contributed by atoms with van der Waals surface area (Å²) in [6, 6.07) is 3.99. The summed E-state index contributed by atoms with van der Waals surface area (Å²) in [6.07, 6.45) is -7.21. The lowest BCUT2D eigenvalue weighted by atomic mass is 10.1. The molecule has 0 spiro atoms. The maximum absolute atomic E-state index is 12.1. The lowest BCUT2D eigenvalue weighted by molar-refractivity contribution is -0.206. The molecule has 1 atom stereocenters. The van der Waals surface area contributed by atoms with Crippen LogP contribution in [-0.4, -0.2) is 11.3 Å². The van der Waals surface area contributed by atoms with Gasteiger partial charge in [0.1, 0.15) is 0 Å². The molecule has 0 fully saturated rings. The van der Waals surface area contributed by atoms with E-state index in [4.69, 9.17) is 16.7 Å². The van der Waals surface area contributed by atoms with Crippen LogP contribution in [0.2, 0.25) is 5.02 Å². The van der Waals surface area contributed by atoms with E-state index in [1.54, 1.807) is 0 Å². The van der Waals surface area contributed by atoms with Gasteiger partial charge in [0.2, 0.25) is 0 Å². The average molecular weight is 336 g/mol. The number of alkyl halides is 3. The van der Waals surface area contributed by atoms with Gasteiger partial charge in [0, 0.05) is 14.2 Å². The standard InChI is InChI=1S/C8H5ClF3IO/c9-6-3-4(13)1-2-5(6)7(14)8(10,11)12/h1-3,7,14H. The summed E-state index contributed by atoms with van der Waals surface area (Å²) in [6.45, 7) is 0. The zero-order chi connectivity index (χ0) is 10.9. The van der Waals surface area contributed by atoms with Crippen LogP contribution >= 0.6 is 34.2 Å². The number of halogens is 5. The Morgan fingerprint density at radius 3 is 2.36 bits per heavy atom. The number of hydrogen-bond acceptors (Lipinski definition) is 1. The summed E-state index contributed by atoms with van der Waals surface area (Å²) in [5.41, 5.74) is -0.320. The molecule has 1 rings (SSSR count). The Hall–Kier alpha value is -0.0100. The molecule has 0 saturated heterocycles. The highest BCUT2D eigenvalue weighted by atomic mass is 127. The first kappa shape index (κ1) is 12.1. The smallest absolute Gasteiger partial charge is 0.379 e. The van der Waals surface area contributed by atoms with Crippen molar-refractivity contribution in [3.05, 3.63) is 32.4 Å². The molecule has 0 aliphatic carbocycles. The third-order valence-electron chi connectivity index (χ3n) is 1.57. The summed E-state index contributed by atoms with van der Waals surface area (Å²) >= 11 is 7.48. The first-order valence-electron chi connectivity index (χ1n) is 3.52. The van der Waals surface area contributed by atoms with Gasteiger partial charge in [0.05, 0.1) is 0 Å². The van der Waals surface area contributed by atoms with E-state index >= 15 is 0 Å². The summed E-state index contributed by atoms with van der Waals surface area (Å²) in [5.74, 6) is 0. The lowest BCUT2D eigenvalue weighted by Crippen LogP contribution is -2.20. The normalized spacial score (nSPS) is 14.1. The third-order valence-corrected chi connectivity index (χ3v) is 2.57. The van der Waals surface area contributed by atoms with Crippen LogP contribution in [0.3, 0.4) is 0 Å². The monoisotopic (exact) mass is 336 g/mol. The molecule has 0 aromatic heterocycles. The van der Waals surface area contributed by atoms with Crippen molar-refractivity contribution in [2.75, 3.05) is 0 Å². The van der Waals surface area contributed by atoms with Gasteiger partial charge in [0.15, 0.2) is 6.10 Å². The van der Waals surface area contributed by atoms with Gasteiger partial charge in [0.25, 0.3) is 0 Å². The van der Waals surface area contributed by atoms with Crippen LogP contribution in [0.1, 0.15) is 11.7 Å². The van der Waals surface area contributed by atoms with Gasteiger partial charge < -0.3 is 5.11 Å². The van der Waals surface area contributed by atoms with E-state index in [-0.39, 0.29) is 10.6 Å². The summed E-state index contributed by atoms with van der Waals surface area (Å²) < 4.78 is 37.0. The molecular weight excluding hydrogens is 331 g/mol. The van der Waals surface area contributed by atoms with Gasteiger partial charge in [-0.25, -0.2) is 0 Å². The van der Waals surface area contributed by atoms with E-state index in [0.717, 1.165) is 0 Å². The van der Waals surface area contributed by atoms with Gasteiger partial charge in [-0.2, -0.15) is 13.2 Å². The number of rotatable bonds is 1. The van der Waals surface area contributed by atoms with Gasteiger partial charge in [-0.05, 0) is 34.7 Å². The number of benzene rings is 1. The maximum Gasteiger partial charge on any atom is 0.418 e. The minimum atomic E-state index is -4.68. The molecule has 0 radical (unpaired) electrons. The Balaban J connectivity index is 3.08. The zero-order valence-corrected chi connectivity index (χ0v) is 9.56. The van der Waals surface area contributed by atoms with Crippen LogP contribution in [0.5, 0.6) is 0 Å². The molecule has 6 heteroatoms. The van der Waals surface area contributed by atoms with Gasteiger partial charge in [-0.15, -0.1) is 0 Å². The minimum Gasteiger partial charge on any atom is -0.379 e. The van der Waals surface area contributed by atoms with Crippen LogP contribution in [-0.2, 0) is 0 Å². The second-order valence-corrected chi connectivity index (χ2v) is 4.26. The first-order valence-corrected chi connectivity index (χ1v) is 4.98. The fourth-order valence-electron chi connectivity index (χ4n) is 0.900. The molecule has 0 aliphatic rings. The van der Waals surface area contributed by atoms with E-state index in [1.165, 1.54) is 18.2 Å². The van der Waals surface area contributed by atoms with Crippen molar-refractivity contribution in [3.63, 3.8) is 0 Å². The van der Waals surface area contributed by atoms with Crippen LogP contribution in [0.15, 0.2) is 18.2 Å². The number of aliphatic hydroxyl groups is 1. The molecule has 1 nitrogen and oxygen atoms in total. The summed E-state index contributed by atoms with van der Waals surface area (Å²) in [4.78, 5) is 0. The Kier molecular flexibility index (Phi) is 3.65. The Labute approximate surface area is 97.0 Å². The maximum atomic E-state index is 12.1. The third kappa shape index (κ3) is 2.74. The van der Waals surface area contributed by atoms with Crippen molar-refractivity contribution >= 4 is 34.2 Å². The molecule has 78 valence electrons. The fourth-order valence-corrected chi connectivity index (χ4v) is 1.86. The quantitative estimate of drug-likeness (QED) is 0.778. The fraction of sp³-hybridized carbons (Fsp3) is 0.250. The van der Waals surface area contributed by atoms with E-state index in [9.17, 15) is 13.2 Å². The van der Waals surface area contributed by atoms with Crippen molar-refractivity contribution in [3.8, 4) is 0 Å². The molecule has 14 heavy (non-hydrogen) atoms. The van der Waals surface area contributed by atoms with Gasteiger partial charge >= 0.3 is 6.18 Å². The number of hydrogen-bond donors (Lipinski definition) is 1. The van der Waals surface area contributed by atoms with E-state index in [2.05, 4.69) is 0 Å². The molecule has 1 unspecified atom stereocenters. The average Bonchev–Trinajstić information content (AvgIpc) is 2.01. The molecule has 0 aliphatic heterocycles. The van der Waals surface area contributed by atoms with Crippen molar-refractivity contribution < 1.29 is 18.3 Å². The van der Waals surface area contributed by atoms with Crippen LogP contribution in [0.25, 0.3) is 0 Å². The predicted octanol–water partition coefficient (Wildman–Crippen LogP) is 3.54. The Morgan fingerprint density at radius 2 is 1.93 bits per heavy atom. The van der Waals surface area contributed by atoms with Crippen molar-refractivity contribution in [1.29, 1.82) is 0 Å². The Morgan fingerprint density at radius 1 is 1.36 bits per heavy atom. The van der Waals surface area contributed by atoms with Crippen LogP contribution in [0.4, 0.5) is 13.2 Å². The van der Waals surface area contributed by atoms with Crippen molar-refractivity contribution in [1.82, 2.24) is 0 Å². The van der Waals surface area contributed by atoms with Crippen LogP contribution < -0.4 is 0 Å². The topological polar surface area (TPSA) is 20.2 Å². The SMILES string of the molecule is OC(c1ccc(I)cc1Cl)C(F)(F)F. The van der Waals surface area contributed by atoms with Crippen LogP contribution in [0, 0.1) is 3.57 Å². The highest BCUT2D eigenvalue weighted by Gasteiger charge is 2.40. The molecular formula is C8H5ClF3IO. The predicted molar refractivity (Wildman–Crippen MR) is 55.2 cm³/mol. The second kappa shape index (κ2) is 4.24. The summed E-state index contributed by atoms with van der Waals surface area (Å²) in [7, 11) is 0. The summed E-state index contributed by atoms with van der Waals surface area (Å²) in [5, 5.41) is 8.84. The van der Waals surface area contributed by atoms with Crippen molar-refractivity contribution in [2.24, 2.45) is 0 Å². The zero-order valence-electron chi connectivity index (χ0n) is 6.65. The number of aliphatic hydroxyl groups excluding tert-OH is 1. The molecule has 0 bridgehead atoms. The van der Waals surface area contributed by atoms with E-state index in [1.807, 2.05) is 22.6 Å². The Bertz CT molecular complexity index is 340. The first-order chi connectivity index (χ1) is 6.32. The lowest BCUT2D eigenvalue weighted by Gasteiger charge is -2.15. The molecule has 1 aromatic rings. The molecule has 1 N–H and O–H groups in total. The highest BCUT2D eigenvalue weighted by Crippen LogP contribution is 2.36. The van der Waals surface area contributed by atoms with Crippen molar-refractivity contribution in [2.45, 2.75) is 12.3 Å². The molecule has 0 heterocycles. The molecule has 1 aromatic carbocycles. The van der Waals surface area contributed by atoms with Gasteiger partial charge in [-0.1, -0.05) is 17.7 Å². The highest BCUT2D eigenvalue weighted by molar-refractivity contribution is 14.1. The second-order valence-electron chi connectivity index (χ2n) is 2.61. The van der Waals surface area contributed by atoms with Gasteiger partial charge in [-0.3, -0.25) is 0 Å². The van der Waals surface area contributed by atoms with E-state index in [0.29, 0.717) is 3.57 Å². The minimum absolute atomic E-state index is 0.0817. The molecule has 0 saturated carbocycles.